The largest absolute Gasteiger partial charge is 0.394 e. The van der Waals surface area contributed by atoms with Crippen molar-refractivity contribution in [3.05, 3.63) is 34.4 Å². The molecule has 0 aliphatic carbocycles. The van der Waals surface area contributed by atoms with Crippen LogP contribution in [-0.2, 0) is 4.74 Å². The van der Waals surface area contributed by atoms with Crippen LogP contribution in [0, 0.1) is 10.1 Å². The highest BCUT2D eigenvalue weighted by atomic mass is 16.6. The summed E-state index contributed by atoms with van der Waals surface area (Å²) < 4.78 is 5.27. The van der Waals surface area contributed by atoms with Crippen LogP contribution < -0.4 is 5.32 Å². The fourth-order valence-corrected chi connectivity index (χ4v) is 2.06. The Morgan fingerprint density at radius 1 is 1.33 bits per heavy atom. The van der Waals surface area contributed by atoms with Crippen LogP contribution >= 0.6 is 0 Å². The molecule has 2 rings (SSSR count). The Morgan fingerprint density at radius 2 is 1.94 bits per heavy atom. The molecule has 98 valence electrons. The molecule has 2 N–H and O–H groups in total. The van der Waals surface area contributed by atoms with E-state index in [0.29, 0.717) is 13.2 Å². The molecule has 0 atom stereocenters. The molecule has 1 aliphatic rings. The summed E-state index contributed by atoms with van der Waals surface area (Å²) in [7, 11) is 0. The summed E-state index contributed by atoms with van der Waals surface area (Å²) in [5.74, 6) is 0. The number of anilines is 1. The van der Waals surface area contributed by atoms with Gasteiger partial charge in [-0.2, -0.15) is 0 Å². The first-order valence-corrected chi connectivity index (χ1v) is 5.86. The Bertz CT molecular complexity index is 413. The zero-order chi connectivity index (χ0) is 13.0. The predicted octanol–water partition coefficient (Wildman–Crippen LogP) is 1.55. The van der Waals surface area contributed by atoms with Gasteiger partial charge in [0, 0.05) is 31.0 Å². The van der Waals surface area contributed by atoms with Crippen LogP contribution in [0.1, 0.15) is 12.8 Å². The van der Waals surface area contributed by atoms with Gasteiger partial charge in [-0.25, -0.2) is 0 Å². The quantitative estimate of drug-likeness (QED) is 0.627. The lowest BCUT2D eigenvalue weighted by Gasteiger charge is -2.37. The van der Waals surface area contributed by atoms with E-state index in [4.69, 9.17) is 4.74 Å². The molecule has 0 unspecified atom stereocenters. The molecule has 0 spiro atoms. The van der Waals surface area contributed by atoms with Crippen molar-refractivity contribution in [2.45, 2.75) is 18.4 Å². The van der Waals surface area contributed by atoms with Crippen LogP contribution in [0.4, 0.5) is 11.4 Å². The number of non-ortho nitro benzene ring substituents is 1. The maximum absolute atomic E-state index is 10.6. The summed E-state index contributed by atoms with van der Waals surface area (Å²) in [6, 6.07) is 6.22. The summed E-state index contributed by atoms with van der Waals surface area (Å²) in [6.07, 6.45) is 1.45. The molecule has 1 aliphatic heterocycles. The first-order chi connectivity index (χ1) is 8.65. The van der Waals surface area contributed by atoms with Gasteiger partial charge in [-0.05, 0) is 25.0 Å². The van der Waals surface area contributed by atoms with Crippen molar-refractivity contribution in [3.8, 4) is 0 Å². The van der Waals surface area contributed by atoms with E-state index in [2.05, 4.69) is 5.32 Å². The Hall–Kier alpha value is -1.66. The van der Waals surface area contributed by atoms with Crippen molar-refractivity contribution in [2.75, 3.05) is 25.1 Å². The lowest BCUT2D eigenvalue weighted by molar-refractivity contribution is -0.384. The van der Waals surface area contributed by atoms with Gasteiger partial charge in [0.05, 0.1) is 17.1 Å². The summed E-state index contributed by atoms with van der Waals surface area (Å²) in [5.41, 5.74) is 0.455. The Balaban J connectivity index is 2.09. The summed E-state index contributed by atoms with van der Waals surface area (Å²) in [4.78, 5) is 10.1. The lowest BCUT2D eigenvalue weighted by atomic mass is 9.90. The van der Waals surface area contributed by atoms with Crippen molar-refractivity contribution in [1.29, 1.82) is 0 Å². The van der Waals surface area contributed by atoms with Gasteiger partial charge in [-0.1, -0.05) is 0 Å². The molecule has 0 aromatic heterocycles. The topological polar surface area (TPSA) is 84.6 Å². The smallest absolute Gasteiger partial charge is 0.269 e. The maximum atomic E-state index is 10.6. The van der Waals surface area contributed by atoms with E-state index in [0.717, 1.165) is 18.5 Å². The lowest BCUT2D eigenvalue weighted by Crippen LogP contribution is -2.46. The highest BCUT2D eigenvalue weighted by Crippen LogP contribution is 2.26. The standard InChI is InChI=1S/C12H16N2O4/c15-9-12(5-7-18-8-6-12)13-10-1-3-11(4-2-10)14(16)17/h1-4,13,15H,5-9H2. The summed E-state index contributed by atoms with van der Waals surface area (Å²) in [6.45, 7) is 1.24. The van der Waals surface area contributed by atoms with E-state index in [9.17, 15) is 15.2 Å². The van der Waals surface area contributed by atoms with Gasteiger partial charge < -0.3 is 15.2 Å². The van der Waals surface area contributed by atoms with E-state index in [1.165, 1.54) is 12.1 Å². The monoisotopic (exact) mass is 252 g/mol. The third kappa shape index (κ3) is 2.77. The van der Waals surface area contributed by atoms with Gasteiger partial charge in [0.1, 0.15) is 0 Å². The molecule has 18 heavy (non-hydrogen) atoms. The van der Waals surface area contributed by atoms with Gasteiger partial charge >= 0.3 is 0 Å². The second-order valence-corrected chi connectivity index (χ2v) is 4.48. The molecule has 1 aromatic rings. The van der Waals surface area contributed by atoms with Gasteiger partial charge in [0.15, 0.2) is 0 Å². The van der Waals surface area contributed by atoms with Crippen LogP contribution in [0.25, 0.3) is 0 Å². The second kappa shape index (κ2) is 5.32. The summed E-state index contributed by atoms with van der Waals surface area (Å²) >= 11 is 0. The number of nitrogens with zero attached hydrogens (tertiary/aromatic N) is 1. The first kappa shape index (κ1) is 12.8. The SMILES string of the molecule is O=[N+]([O-])c1ccc(NC2(CO)CCOCC2)cc1. The normalized spacial score (nSPS) is 18.3. The average Bonchev–Trinajstić information content (AvgIpc) is 2.40. The molecule has 0 saturated carbocycles. The number of aliphatic hydroxyl groups is 1. The van der Waals surface area contributed by atoms with Gasteiger partial charge in [0.25, 0.3) is 5.69 Å². The first-order valence-electron chi connectivity index (χ1n) is 5.86. The predicted molar refractivity (Wildman–Crippen MR) is 66.6 cm³/mol. The number of hydrogen-bond donors (Lipinski definition) is 2. The number of ether oxygens (including phenoxy) is 1. The van der Waals surface area contributed by atoms with Crippen molar-refractivity contribution < 1.29 is 14.8 Å². The van der Waals surface area contributed by atoms with Crippen LogP contribution in [0.5, 0.6) is 0 Å². The Morgan fingerprint density at radius 3 is 2.44 bits per heavy atom. The summed E-state index contributed by atoms with van der Waals surface area (Å²) in [5, 5.41) is 23.3. The van der Waals surface area contributed by atoms with Crippen LogP contribution in [0.2, 0.25) is 0 Å². The number of hydrogen-bond acceptors (Lipinski definition) is 5. The van der Waals surface area contributed by atoms with Crippen molar-refractivity contribution >= 4 is 11.4 Å². The second-order valence-electron chi connectivity index (χ2n) is 4.48. The molecule has 1 fully saturated rings. The maximum Gasteiger partial charge on any atom is 0.269 e. The van der Waals surface area contributed by atoms with E-state index in [1.54, 1.807) is 12.1 Å². The van der Waals surface area contributed by atoms with Gasteiger partial charge in [-0.15, -0.1) is 0 Å². The molecule has 0 amide bonds. The third-order valence-corrected chi connectivity index (χ3v) is 3.24. The van der Waals surface area contributed by atoms with Gasteiger partial charge in [0.2, 0.25) is 0 Å². The Kier molecular flexibility index (Phi) is 3.78. The number of rotatable bonds is 4. The number of benzene rings is 1. The van der Waals surface area contributed by atoms with Crippen molar-refractivity contribution in [2.24, 2.45) is 0 Å². The van der Waals surface area contributed by atoms with Crippen LogP contribution in [-0.4, -0.2) is 35.4 Å². The number of nitro groups is 1. The molecule has 1 saturated heterocycles. The van der Waals surface area contributed by atoms with E-state index in [-0.39, 0.29) is 17.8 Å². The minimum absolute atomic E-state index is 0.0212. The molecule has 6 nitrogen and oxygen atoms in total. The molecule has 0 bridgehead atoms. The number of nitrogens with one attached hydrogen (secondary N) is 1. The zero-order valence-corrected chi connectivity index (χ0v) is 9.96. The third-order valence-electron chi connectivity index (χ3n) is 3.24. The highest BCUT2D eigenvalue weighted by molar-refractivity contribution is 5.50. The van der Waals surface area contributed by atoms with Crippen LogP contribution in [0.3, 0.4) is 0 Å². The minimum Gasteiger partial charge on any atom is -0.394 e. The molecule has 1 aromatic carbocycles. The average molecular weight is 252 g/mol. The molecule has 1 heterocycles. The van der Waals surface area contributed by atoms with E-state index in [1.807, 2.05) is 0 Å². The zero-order valence-electron chi connectivity index (χ0n) is 9.96. The van der Waals surface area contributed by atoms with E-state index < -0.39 is 4.92 Å². The van der Waals surface area contributed by atoms with E-state index >= 15 is 0 Å². The molecular weight excluding hydrogens is 236 g/mol. The van der Waals surface area contributed by atoms with Crippen molar-refractivity contribution in [3.63, 3.8) is 0 Å². The fraction of sp³-hybridized carbons (Fsp3) is 0.500. The van der Waals surface area contributed by atoms with Crippen molar-refractivity contribution in [1.82, 2.24) is 0 Å². The number of nitro benzene ring substituents is 1. The molecule has 0 radical (unpaired) electrons. The minimum atomic E-state index is -0.431. The number of aliphatic hydroxyl groups excluding tert-OH is 1. The highest BCUT2D eigenvalue weighted by Gasteiger charge is 2.31. The molecular formula is C12H16N2O4. The molecule has 6 heteroatoms. The fourth-order valence-electron chi connectivity index (χ4n) is 2.06. The Labute approximate surface area is 105 Å². The van der Waals surface area contributed by atoms with Gasteiger partial charge in [-0.3, -0.25) is 10.1 Å². The van der Waals surface area contributed by atoms with Crippen LogP contribution in [0.15, 0.2) is 24.3 Å².